The van der Waals surface area contributed by atoms with E-state index in [0.717, 1.165) is 27.9 Å². The SMILES string of the molecule is Cc1ccc(C)c(-c2ncncc2CCC(=O)O)c1. The van der Waals surface area contributed by atoms with Gasteiger partial charge in [-0.05, 0) is 37.5 Å². The minimum atomic E-state index is -0.809. The van der Waals surface area contributed by atoms with Gasteiger partial charge in [0.2, 0.25) is 0 Å². The molecule has 1 N–H and O–H groups in total. The van der Waals surface area contributed by atoms with Crippen LogP contribution in [0.2, 0.25) is 0 Å². The number of benzene rings is 1. The van der Waals surface area contributed by atoms with Crippen molar-refractivity contribution in [3.05, 3.63) is 47.4 Å². The van der Waals surface area contributed by atoms with Crippen molar-refractivity contribution in [3.63, 3.8) is 0 Å². The number of hydrogen-bond donors (Lipinski definition) is 1. The van der Waals surface area contributed by atoms with Crippen molar-refractivity contribution >= 4 is 5.97 Å². The van der Waals surface area contributed by atoms with Crippen molar-refractivity contribution in [2.24, 2.45) is 0 Å². The molecule has 0 unspecified atom stereocenters. The van der Waals surface area contributed by atoms with E-state index in [0.29, 0.717) is 6.42 Å². The highest BCUT2D eigenvalue weighted by atomic mass is 16.4. The molecule has 0 spiro atoms. The Balaban J connectivity index is 2.43. The van der Waals surface area contributed by atoms with Crippen molar-refractivity contribution in [1.82, 2.24) is 9.97 Å². The van der Waals surface area contributed by atoms with Gasteiger partial charge in [-0.2, -0.15) is 0 Å². The Labute approximate surface area is 112 Å². The first-order valence-electron chi connectivity index (χ1n) is 6.16. The van der Waals surface area contributed by atoms with E-state index in [1.165, 1.54) is 6.33 Å². The molecule has 0 aliphatic heterocycles. The summed E-state index contributed by atoms with van der Waals surface area (Å²) in [5, 5.41) is 8.79. The van der Waals surface area contributed by atoms with Crippen molar-refractivity contribution < 1.29 is 9.90 Å². The van der Waals surface area contributed by atoms with Gasteiger partial charge in [0, 0.05) is 18.2 Å². The number of hydrogen-bond acceptors (Lipinski definition) is 3. The highest BCUT2D eigenvalue weighted by molar-refractivity contribution is 5.70. The van der Waals surface area contributed by atoms with E-state index in [2.05, 4.69) is 22.1 Å². The number of nitrogens with zero attached hydrogens (tertiary/aromatic N) is 2. The van der Waals surface area contributed by atoms with Gasteiger partial charge in [0.15, 0.2) is 0 Å². The molecule has 0 atom stereocenters. The highest BCUT2D eigenvalue weighted by Gasteiger charge is 2.11. The van der Waals surface area contributed by atoms with E-state index in [9.17, 15) is 4.79 Å². The molecule has 1 aromatic carbocycles. The fourth-order valence-electron chi connectivity index (χ4n) is 2.02. The number of carbonyl (C=O) groups is 1. The van der Waals surface area contributed by atoms with E-state index in [1.807, 2.05) is 19.9 Å². The lowest BCUT2D eigenvalue weighted by molar-refractivity contribution is -0.136. The molecule has 4 heteroatoms. The minimum Gasteiger partial charge on any atom is -0.481 e. The molecule has 0 aliphatic carbocycles. The Morgan fingerprint density at radius 3 is 2.84 bits per heavy atom. The van der Waals surface area contributed by atoms with E-state index >= 15 is 0 Å². The van der Waals surface area contributed by atoms with Crippen LogP contribution in [-0.2, 0) is 11.2 Å². The topological polar surface area (TPSA) is 63.1 Å². The van der Waals surface area contributed by atoms with Crippen molar-refractivity contribution in [3.8, 4) is 11.3 Å². The maximum Gasteiger partial charge on any atom is 0.303 e. The van der Waals surface area contributed by atoms with Crippen LogP contribution in [-0.4, -0.2) is 21.0 Å². The molecule has 0 aliphatic rings. The minimum absolute atomic E-state index is 0.0885. The molecule has 19 heavy (non-hydrogen) atoms. The van der Waals surface area contributed by atoms with E-state index in [-0.39, 0.29) is 6.42 Å². The van der Waals surface area contributed by atoms with Gasteiger partial charge in [-0.3, -0.25) is 4.79 Å². The molecular weight excluding hydrogens is 240 g/mol. The van der Waals surface area contributed by atoms with Gasteiger partial charge >= 0.3 is 5.97 Å². The Kier molecular flexibility index (Phi) is 3.90. The Morgan fingerprint density at radius 2 is 2.11 bits per heavy atom. The second-order valence-electron chi connectivity index (χ2n) is 4.61. The normalized spacial score (nSPS) is 10.4. The van der Waals surface area contributed by atoms with E-state index in [1.54, 1.807) is 6.20 Å². The van der Waals surface area contributed by atoms with Crippen LogP contribution in [0.1, 0.15) is 23.1 Å². The fourth-order valence-corrected chi connectivity index (χ4v) is 2.02. The number of carboxylic acid groups (broad SMARTS) is 1. The van der Waals surface area contributed by atoms with Crippen molar-refractivity contribution in [2.75, 3.05) is 0 Å². The maximum atomic E-state index is 10.7. The highest BCUT2D eigenvalue weighted by Crippen LogP contribution is 2.26. The largest absolute Gasteiger partial charge is 0.481 e. The van der Waals surface area contributed by atoms with Crippen LogP contribution in [0.15, 0.2) is 30.7 Å². The molecule has 0 saturated carbocycles. The Bertz CT molecular complexity index is 609. The second kappa shape index (κ2) is 5.61. The summed E-state index contributed by atoms with van der Waals surface area (Å²) in [5.41, 5.74) is 5.03. The Hall–Kier alpha value is -2.23. The van der Waals surface area contributed by atoms with Crippen LogP contribution >= 0.6 is 0 Å². The lowest BCUT2D eigenvalue weighted by atomic mass is 9.98. The van der Waals surface area contributed by atoms with Gasteiger partial charge in [0.1, 0.15) is 6.33 Å². The van der Waals surface area contributed by atoms with Crippen LogP contribution in [0.5, 0.6) is 0 Å². The molecule has 0 radical (unpaired) electrons. The summed E-state index contributed by atoms with van der Waals surface area (Å²) in [4.78, 5) is 19.0. The van der Waals surface area contributed by atoms with Crippen LogP contribution in [0.25, 0.3) is 11.3 Å². The summed E-state index contributed by atoms with van der Waals surface area (Å²) in [6.45, 7) is 4.05. The monoisotopic (exact) mass is 256 g/mol. The summed E-state index contributed by atoms with van der Waals surface area (Å²) in [7, 11) is 0. The Morgan fingerprint density at radius 1 is 1.32 bits per heavy atom. The van der Waals surface area contributed by atoms with Crippen LogP contribution in [0.4, 0.5) is 0 Å². The predicted molar refractivity (Wildman–Crippen MR) is 72.9 cm³/mol. The number of rotatable bonds is 4. The van der Waals surface area contributed by atoms with Crippen LogP contribution in [0.3, 0.4) is 0 Å². The average Bonchev–Trinajstić information content (AvgIpc) is 2.39. The summed E-state index contributed by atoms with van der Waals surface area (Å²) < 4.78 is 0. The molecule has 0 amide bonds. The predicted octanol–water partition coefficient (Wildman–Crippen LogP) is 2.78. The third-order valence-electron chi connectivity index (χ3n) is 3.04. The van der Waals surface area contributed by atoms with Crippen LogP contribution < -0.4 is 0 Å². The standard InChI is InChI=1S/C15H16N2O2/c1-10-3-4-11(2)13(7-10)15-12(5-6-14(18)19)8-16-9-17-15/h3-4,7-9H,5-6H2,1-2H3,(H,18,19). The third kappa shape index (κ3) is 3.16. The lowest BCUT2D eigenvalue weighted by Crippen LogP contribution is -2.01. The summed E-state index contributed by atoms with van der Waals surface area (Å²) in [5.74, 6) is -0.809. The van der Waals surface area contributed by atoms with Crippen molar-refractivity contribution in [2.45, 2.75) is 26.7 Å². The smallest absolute Gasteiger partial charge is 0.303 e. The van der Waals surface area contributed by atoms with Crippen LogP contribution in [0, 0.1) is 13.8 Å². The van der Waals surface area contributed by atoms with Gasteiger partial charge < -0.3 is 5.11 Å². The molecule has 0 bridgehead atoms. The lowest BCUT2D eigenvalue weighted by Gasteiger charge is -2.10. The first-order valence-corrected chi connectivity index (χ1v) is 6.16. The summed E-state index contributed by atoms with van der Waals surface area (Å²) in [6.07, 6.45) is 3.73. The zero-order valence-electron chi connectivity index (χ0n) is 11.1. The molecule has 1 heterocycles. The number of aliphatic carboxylic acids is 1. The van der Waals surface area contributed by atoms with Gasteiger partial charge in [0.05, 0.1) is 5.69 Å². The van der Waals surface area contributed by atoms with Gasteiger partial charge in [-0.1, -0.05) is 17.7 Å². The molecule has 0 fully saturated rings. The molecular formula is C15H16N2O2. The third-order valence-corrected chi connectivity index (χ3v) is 3.04. The first kappa shape index (κ1) is 13.2. The molecule has 2 aromatic rings. The summed E-state index contributed by atoms with van der Waals surface area (Å²) in [6, 6.07) is 6.17. The zero-order valence-corrected chi connectivity index (χ0v) is 11.1. The number of aromatic nitrogens is 2. The average molecular weight is 256 g/mol. The number of aryl methyl sites for hydroxylation is 3. The molecule has 4 nitrogen and oxygen atoms in total. The molecule has 1 aromatic heterocycles. The van der Waals surface area contributed by atoms with Gasteiger partial charge in [-0.15, -0.1) is 0 Å². The summed E-state index contributed by atoms with van der Waals surface area (Å²) >= 11 is 0. The zero-order chi connectivity index (χ0) is 13.8. The number of carboxylic acids is 1. The van der Waals surface area contributed by atoms with Gasteiger partial charge in [0.25, 0.3) is 0 Å². The molecule has 2 rings (SSSR count). The first-order chi connectivity index (χ1) is 9.08. The second-order valence-corrected chi connectivity index (χ2v) is 4.61. The maximum absolute atomic E-state index is 10.7. The van der Waals surface area contributed by atoms with Crippen molar-refractivity contribution in [1.29, 1.82) is 0 Å². The van der Waals surface area contributed by atoms with E-state index < -0.39 is 5.97 Å². The molecule has 98 valence electrons. The van der Waals surface area contributed by atoms with E-state index in [4.69, 9.17) is 5.11 Å². The van der Waals surface area contributed by atoms with Gasteiger partial charge in [-0.25, -0.2) is 9.97 Å². The fraction of sp³-hybridized carbons (Fsp3) is 0.267. The quantitative estimate of drug-likeness (QED) is 0.913. The molecule has 0 saturated heterocycles.